The zero-order chi connectivity index (χ0) is 16.2. The number of unbranched alkanes of at least 4 members (excludes halogenated alkanes) is 2. The molecule has 0 amide bonds. The minimum Gasteiger partial charge on any atom is -0.367 e. The van der Waals surface area contributed by atoms with Gasteiger partial charge in [-0.15, -0.1) is 5.92 Å². The molecule has 0 saturated heterocycles. The topological polar surface area (TPSA) is 64.6 Å². The molecule has 0 heterocycles. The van der Waals surface area contributed by atoms with Crippen LogP contribution in [0.3, 0.4) is 0 Å². The van der Waals surface area contributed by atoms with Gasteiger partial charge in [-0.3, -0.25) is 0 Å². The summed E-state index contributed by atoms with van der Waals surface area (Å²) in [7, 11) is 3.43. The molecule has 0 N–H and O–H groups in total. The third-order valence-corrected chi connectivity index (χ3v) is 6.93. The minimum absolute atomic E-state index is 0.491. The van der Waals surface area contributed by atoms with Crippen LogP contribution in [0.25, 0.3) is 0 Å². The molecule has 0 aromatic heterocycles. The first-order valence-electron chi connectivity index (χ1n) is 6.52. The zero-order valence-corrected chi connectivity index (χ0v) is 15.7. The molecule has 0 unspecified atom stereocenters. The van der Waals surface area contributed by atoms with Crippen LogP contribution in [0, 0.1) is 11.5 Å². The largest absolute Gasteiger partial charge is 0.678 e. The molecule has 0 bridgehead atoms. The van der Waals surface area contributed by atoms with E-state index in [0.29, 0.717) is 13.0 Å². The van der Waals surface area contributed by atoms with Crippen LogP contribution in [0.5, 0.6) is 0 Å². The first kappa shape index (κ1) is 20.7. The number of rotatable bonds is 11. The summed E-state index contributed by atoms with van der Waals surface area (Å²) in [5.41, 5.74) is 2.94. The molecule has 0 spiro atoms. The third kappa shape index (κ3) is 7.01. The predicted molar refractivity (Wildman–Crippen MR) is 81.1 cm³/mol. The molecular formula is C12H26O7Si2. The Morgan fingerprint density at radius 3 is 1.67 bits per heavy atom. The number of hydrogen-bond donors (Lipinski definition) is 0. The van der Waals surface area contributed by atoms with Crippen LogP contribution in [0.2, 0.25) is 0 Å². The van der Waals surface area contributed by atoms with Gasteiger partial charge in [-0.2, -0.15) is 0 Å². The van der Waals surface area contributed by atoms with E-state index in [4.69, 9.17) is 31.0 Å². The van der Waals surface area contributed by atoms with Crippen molar-refractivity contribution in [2.24, 2.45) is 0 Å². The second kappa shape index (κ2) is 11.3. The van der Waals surface area contributed by atoms with Crippen LogP contribution >= 0.6 is 0 Å². The van der Waals surface area contributed by atoms with Gasteiger partial charge in [-0.25, -0.2) is 0 Å². The summed E-state index contributed by atoms with van der Waals surface area (Å²) in [6.45, 7) is 0.491. The third-order valence-electron chi connectivity index (χ3n) is 2.77. The summed E-state index contributed by atoms with van der Waals surface area (Å²) >= 11 is 0. The van der Waals surface area contributed by atoms with E-state index < -0.39 is 17.9 Å². The van der Waals surface area contributed by atoms with Crippen LogP contribution in [0.1, 0.15) is 19.3 Å². The van der Waals surface area contributed by atoms with Crippen molar-refractivity contribution in [2.45, 2.75) is 19.3 Å². The summed E-state index contributed by atoms with van der Waals surface area (Å²) in [5, 5.41) is 0. The SMILES string of the molecule is CO[Si](C#CCCCCO[Si](OC)(OC)OC)(OC)OC. The fourth-order valence-corrected chi connectivity index (χ4v) is 3.91. The van der Waals surface area contributed by atoms with Gasteiger partial charge in [-0.05, 0) is 18.4 Å². The summed E-state index contributed by atoms with van der Waals surface area (Å²) in [4.78, 5) is 0. The van der Waals surface area contributed by atoms with Crippen LogP contribution in [0.4, 0.5) is 0 Å². The summed E-state index contributed by atoms with van der Waals surface area (Å²) in [6.07, 6.45) is 2.40. The summed E-state index contributed by atoms with van der Waals surface area (Å²) < 4.78 is 36.6. The van der Waals surface area contributed by atoms with Gasteiger partial charge < -0.3 is 31.0 Å². The van der Waals surface area contributed by atoms with E-state index >= 15 is 0 Å². The van der Waals surface area contributed by atoms with Crippen molar-refractivity contribution >= 4 is 17.9 Å². The molecule has 0 aromatic rings. The molecule has 7 nitrogen and oxygen atoms in total. The van der Waals surface area contributed by atoms with Crippen molar-refractivity contribution in [2.75, 3.05) is 49.3 Å². The van der Waals surface area contributed by atoms with Crippen LogP contribution in [-0.4, -0.2) is 67.1 Å². The maximum atomic E-state index is 5.55. The Bertz CT molecular complexity index is 305. The monoisotopic (exact) mass is 338 g/mol. The second-order valence-electron chi connectivity index (χ2n) is 3.89. The first-order valence-corrected chi connectivity index (χ1v) is 9.88. The van der Waals surface area contributed by atoms with E-state index in [1.54, 1.807) is 0 Å². The molecular weight excluding hydrogens is 312 g/mol. The fourth-order valence-electron chi connectivity index (χ4n) is 1.51. The molecule has 0 radical (unpaired) electrons. The van der Waals surface area contributed by atoms with Crippen molar-refractivity contribution < 1.29 is 31.0 Å². The Balaban J connectivity index is 4.03. The lowest BCUT2D eigenvalue weighted by atomic mass is 10.2. The highest BCUT2D eigenvalue weighted by Crippen LogP contribution is 2.09. The fraction of sp³-hybridized carbons (Fsp3) is 0.833. The molecule has 0 aliphatic rings. The van der Waals surface area contributed by atoms with E-state index in [-0.39, 0.29) is 0 Å². The predicted octanol–water partition coefficient (Wildman–Crippen LogP) is 0.969. The van der Waals surface area contributed by atoms with Gasteiger partial charge in [-0.1, -0.05) is 0 Å². The smallest absolute Gasteiger partial charge is 0.367 e. The second-order valence-corrected chi connectivity index (χ2v) is 8.99. The zero-order valence-electron chi connectivity index (χ0n) is 13.7. The first-order chi connectivity index (χ1) is 10.1. The highest BCUT2D eigenvalue weighted by Gasteiger charge is 2.41. The highest BCUT2D eigenvalue weighted by molar-refractivity contribution is 6.69. The van der Waals surface area contributed by atoms with Crippen molar-refractivity contribution in [1.29, 1.82) is 0 Å². The average Bonchev–Trinajstić information content (AvgIpc) is 2.55. The average molecular weight is 339 g/mol. The van der Waals surface area contributed by atoms with Crippen molar-refractivity contribution in [3.63, 3.8) is 0 Å². The van der Waals surface area contributed by atoms with Gasteiger partial charge in [0.1, 0.15) is 0 Å². The Labute approximate surface area is 129 Å². The molecule has 0 aromatic carbocycles. The van der Waals surface area contributed by atoms with E-state index in [9.17, 15) is 0 Å². The van der Waals surface area contributed by atoms with Gasteiger partial charge in [0, 0.05) is 55.7 Å². The van der Waals surface area contributed by atoms with Gasteiger partial charge in [0.2, 0.25) is 0 Å². The van der Waals surface area contributed by atoms with Crippen molar-refractivity contribution in [1.82, 2.24) is 0 Å². The Morgan fingerprint density at radius 1 is 0.714 bits per heavy atom. The lowest BCUT2D eigenvalue weighted by Crippen LogP contribution is -2.46. The van der Waals surface area contributed by atoms with Crippen LogP contribution in [0.15, 0.2) is 0 Å². The van der Waals surface area contributed by atoms with E-state index in [0.717, 1.165) is 12.8 Å². The summed E-state index contributed by atoms with van der Waals surface area (Å²) in [6, 6.07) is 0. The van der Waals surface area contributed by atoms with Crippen LogP contribution in [-0.2, 0) is 31.0 Å². The van der Waals surface area contributed by atoms with Gasteiger partial charge >= 0.3 is 17.9 Å². The molecule has 0 aliphatic carbocycles. The van der Waals surface area contributed by atoms with Crippen molar-refractivity contribution in [3.05, 3.63) is 0 Å². The van der Waals surface area contributed by atoms with Crippen molar-refractivity contribution in [3.8, 4) is 11.5 Å². The maximum Gasteiger partial charge on any atom is 0.678 e. The summed E-state index contributed by atoms with van der Waals surface area (Å²) in [5.74, 6) is 3.02. The van der Waals surface area contributed by atoms with E-state index in [1.807, 2.05) is 0 Å². The van der Waals surface area contributed by atoms with Gasteiger partial charge in [0.15, 0.2) is 0 Å². The van der Waals surface area contributed by atoms with Gasteiger partial charge in [0.25, 0.3) is 0 Å². The molecule has 21 heavy (non-hydrogen) atoms. The lowest BCUT2D eigenvalue weighted by Gasteiger charge is -2.22. The normalized spacial score (nSPS) is 12.1. The molecule has 0 fully saturated rings. The Hall–Kier alpha value is -0.286. The van der Waals surface area contributed by atoms with E-state index in [1.165, 1.54) is 42.7 Å². The molecule has 0 aliphatic heterocycles. The van der Waals surface area contributed by atoms with Crippen LogP contribution < -0.4 is 0 Å². The number of hydrogen-bond acceptors (Lipinski definition) is 7. The standard InChI is InChI=1S/C12H26O7Si2/c1-13-20(14-2,15-3)12-10-8-7-9-11-19-21(16-4,17-5)18-6/h7-9,11H2,1-6H3. The Kier molecular flexibility index (Phi) is 11.1. The minimum atomic E-state index is -2.92. The molecule has 0 atom stereocenters. The maximum absolute atomic E-state index is 5.55. The highest BCUT2D eigenvalue weighted by atomic mass is 28.4. The molecule has 0 rings (SSSR count). The molecule has 9 heteroatoms. The van der Waals surface area contributed by atoms with E-state index in [2.05, 4.69) is 11.5 Å². The lowest BCUT2D eigenvalue weighted by molar-refractivity contribution is 0.00519. The molecule has 0 saturated carbocycles. The molecule has 124 valence electrons. The quantitative estimate of drug-likeness (QED) is 0.316. The Morgan fingerprint density at radius 2 is 1.24 bits per heavy atom. The van der Waals surface area contributed by atoms with Gasteiger partial charge in [0.05, 0.1) is 0 Å².